The second-order valence-electron chi connectivity index (χ2n) is 4.95. The number of halogens is 3. The zero-order chi connectivity index (χ0) is 15.6. The van der Waals surface area contributed by atoms with Crippen LogP contribution in [0.4, 0.5) is 13.2 Å². The average molecular weight is 302 g/mol. The molecule has 114 valence electrons. The van der Waals surface area contributed by atoms with E-state index in [-0.39, 0.29) is 11.7 Å². The Kier molecular flexibility index (Phi) is 4.15. The fourth-order valence-corrected chi connectivity index (χ4v) is 2.29. The Hall–Kier alpha value is -2.12. The molecular weight excluding hydrogens is 289 g/mol. The van der Waals surface area contributed by atoms with Crippen molar-refractivity contribution in [1.29, 1.82) is 0 Å². The highest BCUT2D eigenvalue weighted by Gasteiger charge is 2.32. The topological polar surface area (TPSA) is 79.3 Å². The van der Waals surface area contributed by atoms with Gasteiger partial charge in [-0.3, -0.25) is 14.6 Å². The van der Waals surface area contributed by atoms with Crippen LogP contribution in [-0.2, 0) is 11.0 Å². The predicted octanol–water partition coefficient (Wildman–Crippen LogP) is 2.08. The smallest absolute Gasteiger partial charge is 0.417 e. The van der Waals surface area contributed by atoms with Gasteiger partial charge in [0.2, 0.25) is 0 Å². The molecule has 1 amide bonds. The Morgan fingerprint density at radius 3 is 2.48 bits per heavy atom. The summed E-state index contributed by atoms with van der Waals surface area (Å²) in [6.07, 6.45) is -2.57. The van der Waals surface area contributed by atoms with Gasteiger partial charge >= 0.3 is 12.1 Å². The fraction of sp³-hybridized carbons (Fsp3) is 0.462. The number of nitrogens with zero attached hydrogens (tertiary/aromatic N) is 1. The summed E-state index contributed by atoms with van der Waals surface area (Å²) in [7, 11) is 0. The van der Waals surface area contributed by atoms with Crippen molar-refractivity contribution in [2.75, 3.05) is 0 Å². The maximum absolute atomic E-state index is 12.4. The number of alkyl halides is 3. The molecule has 0 bridgehead atoms. The first-order valence-corrected chi connectivity index (χ1v) is 6.34. The number of carbonyl (C=O) groups is 2. The van der Waals surface area contributed by atoms with Crippen molar-refractivity contribution < 1.29 is 27.9 Å². The van der Waals surface area contributed by atoms with Crippen LogP contribution in [0.1, 0.15) is 35.3 Å². The lowest BCUT2D eigenvalue weighted by molar-refractivity contribution is -0.141. The van der Waals surface area contributed by atoms with Crippen LogP contribution in [0.25, 0.3) is 0 Å². The highest BCUT2D eigenvalue weighted by atomic mass is 19.4. The normalized spacial score (nSPS) is 22.0. The highest BCUT2D eigenvalue weighted by Crippen LogP contribution is 2.28. The summed E-state index contributed by atoms with van der Waals surface area (Å²) in [5.41, 5.74) is -1.05. The molecule has 0 radical (unpaired) electrons. The van der Waals surface area contributed by atoms with Crippen molar-refractivity contribution in [3.8, 4) is 0 Å². The summed E-state index contributed by atoms with van der Waals surface area (Å²) in [4.78, 5) is 26.1. The molecule has 1 saturated carbocycles. The maximum atomic E-state index is 12.4. The first-order chi connectivity index (χ1) is 9.77. The maximum Gasteiger partial charge on any atom is 0.417 e. The number of pyridine rings is 1. The number of rotatable bonds is 3. The first kappa shape index (κ1) is 15.3. The zero-order valence-electron chi connectivity index (χ0n) is 10.9. The number of hydrogen-bond donors (Lipinski definition) is 2. The minimum Gasteiger partial charge on any atom is -0.481 e. The molecule has 21 heavy (non-hydrogen) atoms. The molecular formula is C13H13F3N2O3. The lowest BCUT2D eigenvalue weighted by Gasteiger charge is -2.12. The third kappa shape index (κ3) is 3.71. The lowest BCUT2D eigenvalue weighted by atomic mass is 10.1. The molecule has 1 heterocycles. The van der Waals surface area contributed by atoms with Crippen molar-refractivity contribution in [3.63, 3.8) is 0 Å². The minimum atomic E-state index is -4.50. The molecule has 0 aromatic carbocycles. The van der Waals surface area contributed by atoms with Gasteiger partial charge < -0.3 is 10.4 Å². The molecule has 1 aromatic heterocycles. The molecule has 2 rings (SSSR count). The van der Waals surface area contributed by atoms with Crippen LogP contribution in [0.3, 0.4) is 0 Å². The van der Waals surface area contributed by atoms with Crippen LogP contribution >= 0.6 is 0 Å². The Bertz CT molecular complexity index is 543. The highest BCUT2D eigenvalue weighted by molar-refractivity contribution is 5.92. The quantitative estimate of drug-likeness (QED) is 0.896. The van der Waals surface area contributed by atoms with Gasteiger partial charge in [0.1, 0.15) is 5.69 Å². The summed E-state index contributed by atoms with van der Waals surface area (Å²) in [5, 5.41) is 11.4. The number of hydrogen-bond acceptors (Lipinski definition) is 3. The lowest BCUT2D eigenvalue weighted by Crippen LogP contribution is -2.33. The number of amides is 1. The van der Waals surface area contributed by atoms with Gasteiger partial charge in [-0.05, 0) is 31.4 Å². The zero-order valence-corrected chi connectivity index (χ0v) is 10.9. The predicted molar refractivity (Wildman–Crippen MR) is 65.5 cm³/mol. The number of aromatic nitrogens is 1. The Morgan fingerprint density at radius 1 is 1.29 bits per heavy atom. The van der Waals surface area contributed by atoms with Crippen molar-refractivity contribution in [3.05, 3.63) is 29.6 Å². The van der Waals surface area contributed by atoms with E-state index in [0.29, 0.717) is 25.5 Å². The van der Waals surface area contributed by atoms with Crippen LogP contribution < -0.4 is 5.32 Å². The van der Waals surface area contributed by atoms with Gasteiger partial charge in [0.05, 0.1) is 11.5 Å². The molecule has 2 N–H and O–H groups in total. The van der Waals surface area contributed by atoms with Crippen LogP contribution in [-0.4, -0.2) is 28.0 Å². The number of aliphatic carboxylic acids is 1. The molecule has 1 aliphatic rings. The largest absolute Gasteiger partial charge is 0.481 e. The summed E-state index contributed by atoms with van der Waals surface area (Å²) in [5.74, 6) is -1.99. The summed E-state index contributed by atoms with van der Waals surface area (Å²) >= 11 is 0. The molecule has 0 spiro atoms. The van der Waals surface area contributed by atoms with E-state index < -0.39 is 29.5 Å². The molecule has 1 aromatic rings. The number of carboxylic acid groups (broad SMARTS) is 1. The molecule has 0 saturated heterocycles. The van der Waals surface area contributed by atoms with E-state index in [9.17, 15) is 22.8 Å². The van der Waals surface area contributed by atoms with Gasteiger partial charge in [-0.15, -0.1) is 0 Å². The number of carbonyl (C=O) groups excluding carboxylic acids is 1. The van der Waals surface area contributed by atoms with E-state index >= 15 is 0 Å². The van der Waals surface area contributed by atoms with Gasteiger partial charge in [-0.2, -0.15) is 13.2 Å². The summed E-state index contributed by atoms with van der Waals surface area (Å²) < 4.78 is 37.1. The van der Waals surface area contributed by atoms with Gasteiger partial charge in [-0.1, -0.05) is 0 Å². The third-order valence-electron chi connectivity index (χ3n) is 3.44. The van der Waals surface area contributed by atoms with E-state index in [0.717, 1.165) is 12.1 Å². The van der Waals surface area contributed by atoms with E-state index in [2.05, 4.69) is 10.3 Å². The van der Waals surface area contributed by atoms with E-state index in [1.54, 1.807) is 0 Å². The van der Waals surface area contributed by atoms with Gasteiger partial charge in [0.15, 0.2) is 0 Å². The second kappa shape index (κ2) is 5.71. The van der Waals surface area contributed by atoms with Crippen LogP contribution in [0.2, 0.25) is 0 Å². The van der Waals surface area contributed by atoms with Crippen LogP contribution in [0.5, 0.6) is 0 Å². The molecule has 5 nitrogen and oxygen atoms in total. The standard InChI is InChI=1S/C13H13F3N2O3/c14-13(15,16)8-2-4-10(17-6-8)11(19)18-9-3-1-7(5-9)12(20)21/h2,4,6-7,9H,1,3,5H2,(H,18,19)(H,20,21)/t7-,9+/m0/s1. The van der Waals surface area contributed by atoms with Crippen LogP contribution in [0.15, 0.2) is 18.3 Å². The molecule has 2 atom stereocenters. The minimum absolute atomic E-state index is 0.123. The van der Waals surface area contributed by atoms with Gasteiger partial charge in [0.25, 0.3) is 5.91 Å². The molecule has 8 heteroatoms. The summed E-state index contributed by atoms with van der Waals surface area (Å²) in [6.45, 7) is 0. The van der Waals surface area contributed by atoms with Crippen molar-refractivity contribution >= 4 is 11.9 Å². The van der Waals surface area contributed by atoms with Crippen molar-refractivity contribution in [2.45, 2.75) is 31.5 Å². The van der Waals surface area contributed by atoms with Crippen molar-refractivity contribution in [2.24, 2.45) is 5.92 Å². The van der Waals surface area contributed by atoms with Crippen molar-refractivity contribution in [1.82, 2.24) is 10.3 Å². The van der Waals surface area contributed by atoms with Crippen LogP contribution in [0, 0.1) is 5.92 Å². The SMILES string of the molecule is O=C(N[C@@H]1CC[C@H](C(=O)O)C1)c1ccc(C(F)(F)F)cn1. The Balaban J connectivity index is 1.97. The fourth-order valence-electron chi connectivity index (χ4n) is 2.29. The first-order valence-electron chi connectivity index (χ1n) is 6.34. The van der Waals surface area contributed by atoms with E-state index in [4.69, 9.17) is 5.11 Å². The molecule has 0 unspecified atom stereocenters. The summed E-state index contributed by atoms with van der Waals surface area (Å²) in [6, 6.07) is 1.50. The van der Waals surface area contributed by atoms with E-state index in [1.807, 2.05) is 0 Å². The van der Waals surface area contributed by atoms with E-state index in [1.165, 1.54) is 0 Å². The monoisotopic (exact) mass is 302 g/mol. The molecule has 1 fully saturated rings. The molecule has 1 aliphatic carbocycles. The number of carboxylic acids is 1. The Morgan fingerprint density at radius 2 is 2.00 bits per heavy atom. The van der Waals surface area contributed by atoms with Gasteiger partial charge in [-0.25, -0.2) is 0 Å². The Labute approximate surface area is 118 Å². The van der Waals surface area contributed by atoms with Gasteiger partial charge in [0, 0.05) is 12.2 Å². The number of nitrogens with one attached hydrogen (secondary N) is 1. The average Bonchev–Trinajstić information content (AvgIpc) is 2.86. The second-order valence-corrected chi connectivity index (χ2v) is 4.95. The molecule has 0 aliphatic heterocycles. The third-order valence-corrected chi connectivity index (χ3v) is 3.44.